The van der Waals surface area contributed by atoms with Gasteiger partial charge in [-0.25, -0.2) is 0 Å². The number of aromatic nitrogens is 1. The van der Waals surface area contributed by atoms with Crippen molar-refractivity contribution in [1.82, 2.24) is 10.4 Å². The molecule has 0 aliphatic heterocycles. The molecule has 0 radical (unpaired) electrons. The molecule has 19 heavy (non-hydrogen) atoms. The molecular formula is C16H23N3. The molecule has 2 unspecified atom stereocenters. The molecule has 0 saturated heterocycles. The third-order valence-electron chi connectivity index (χ3n) is 3.60. The molecule has 0 amide bonds. The molecule has 0 aliphatic carbocycles. The van der Waals surface area contributed by atoms with E-state index in [0.29, 0.717) is 5.92 Å². The van der Waals surface area contributed by atoms with Crippen LogP contribution in [0.2, 0.25) is 0 Å². The number of nitrogens with two attached hydrogens (primary N) is 1. The molecule has 3 heteroatoms. The van der Waals surface area contributed by atoms with Crippen LogP contribution >= 0.6 is 0 Å². The topological polar surface area (TPSA) is 50.9 Å². The molecule has 0 bridgehead atoms. The molecule has 2 aromatic rings. The van der Waals surface area contributed by atoms with E-state index in [-0.39, 0.29) is 6.04 Å². The second-order valence-electron chi connectivity index (χ2n) is 5.28. The lowest BCUT2D eigenvalue weighted by molar-refractivity contribution is 0.390. The van der Waals surface area contributed by atoms with Crippen molar-refractivity contribution in [2.75, 3.05) is 0 Å². The highest BCUT2D eigenvalue weighted by atomic mass is 15.2. The normalized spacial score (nSPS) is 14.5. The number of fused-ring (bicyclic) bond motifs is 1. The Kier molecular flexibility index (Phi) is 4.88. The Morgan fingerprint density at radius 3 is 2.74 bits per heavy atom. The summed E-state index contributed by atoms with van der Waals surface area (Å²) < 4.78 is 0. The van der Waals surface area contributed by atoms with Gasteiger partial charge in [-0.2, -0.15) is 0 Å². The van der Waals surface area contributed by atoms with Crippen LogP contribution in [0.15, 0.2) is 36.4 Å². The zero-order valence-corrected chi connectivity index (χ0v) is 11.8. The summed E-state index contributed by atoms with van der Waals surface area (Å²) in [4.78, 5) is 4.72. The lowest BCUT2D eigenvalue weighted by Gasteiger charge is -2.20. The highest BCUT2D eigenvalue weighted by Gasteiger charge is 2.15. The maximum Gasteiger partial charge on any atom is 0.0706 e. The van der Waals surface area contributed by atoms with Crippen LogP contribution in [-0.2, 0) is 0 Å². The minimum absolute atomic E-state index is 0.131. The maximum absolute atomic E-state index is 5.70. The average molecular weight is 257 g/mol. The smallest absolute Gasteiger partial charge is 0.0706 e. The summed E-state index contributed by atoms with van der Waals surface area (Å²) in [5.41, 5.74) is 4.97. The predicted molar refractivity (Wildman–Crippen MR) is 80.5 cm³/mol. The van der Waals surface area contributed by atoms with Gasteiger partial charge in [-0.15, -0.1) is 0 Å². The summed E-state index contributed by atoms with van der Waals surface area (Å²) in [5, 5.41) is 1.17. The Labute approximate surface area is 115 Å². The van der Waals surface area contributed by atoms with E-state index in [4.69, 9.17) is 10.8 Å². The van der Waals surface area contributed by atoms with Crippen LogP contribution in [0.4, 0.5) is 0 Å². The van der Waals surface area contributed by atoms with E-state index >= 15 is 0 Å². The molecule has 0 spiro atoms. The van der Waals surface area contributed by atoms with Gasteiger partial charge in [0.2, 0.25) is 0 Å². The van der Waals surface area contributed by atoms with Crippen LogP contribution in [0.1, 0.15) is 44.8 Å². The zero-order chi connectivity index (χ0) is 13.7. The van der Waals surface area contributed by atoms with E-state index in [1.165, 1.54) is 18.2 Å². The van der Waals surface area contributed by atoms with E-state index < -0.39 is 0 Å². The van der Waals surface area contributed by atoms with E-state index in [0.717, 1.165) is 17.6 Å². The number of hydrogen-bond acceptors (Lipinski definition) is 3. The first kappa shape index (κ1) is 14.0. The lowest BCUT2D eigenvalue weighted by Crippen LogP contribution is -2.30. The number of rotatable bonds is 6. The van der Waals surface area contributed by atoms with Crippen molar-refractivity contribution >= 4 is 10.9 Å². The number of nitrogens with zero attached hydrogens (tertiary/aromatic N) is 1. The molecule has 0 saturated carbocycles. The molecule has 3 N–H and O–H groups in total. The standard InChI is InChI=1S/C16H23N3/c1-3-6-12(2)11-16(19-17)15-10-9-13-7-4-5-8-14(13)18-15/h4-5,7-10,12,16,19H,3,6,11,17H2,1-2H3. The molecule has 2 rings (SSSR count). The van der Waals surface area contributed by atoms with Gasteiger partial charge >= 0.3 is 0 Å². The van der Waals surface area contributed by atoms with Crippen molar-refractivity contribution < 1.29 is 0 Å². The van der Waals surface area contributed by atoms with Gasteiger partial charge in [0, 0.05) is 5.39 Å². The van der Waals surface area contributed by atoms with E-state index in [1.807, 2.05) is 18.2 Å². The monoisotopic (exact) mass is 257 g/mol. The predicted octanol–water partition coefficient (Wildman–Crippen LogP) is 3.57. The van der Waals surface area contributed by atoms with Crippen molar-refractivity contribution in [2.24, 2.45) is 11.8 Å². The van der Waals surface area contributed by atoms with Gasteiger partial charge in [0.15, 0.2) is 0 Å². The van der Waals surface area contributed by atoms with Gasteiger partial charge in [-0.05, 0) is 24.5 Å². The summed E-state index contributed by atoms with van der Waals surface area (Å²) in [5.74, 6) is 6.36. The summed E-state index contributed by atoms with van der Waals surface area (Å²) in [6.45, 7) is 4.49. The Morgan fingerprint density at radius 2 is 2.00 bits per heavy atom. The fourth-order valence-corrected chi connectivity index (χ4v) is 2.56. The van der Waals surface area contributed by atoms with Crippen molar-refractivity contribution in [1.29, 1.82) is 0 Å². The van der Waals surface area contributed by atoms with Crippen LogP contribution in [0.3, 0.4) is 0 Å². The summed E-state index contributed by atoms with van der Waals surface area (Å²) in [7, 11) is 0. The van der Waals surface area contributed by atoms with Crippen LogP contribution in [0, 0.1) is 5.92 Å². The van der Waals surface area contributed by atoms with E-state index in [9.17, 15) is 0 Å². The second-order valence-corrected chi connectivity index (χ2v) is 5.28. The highest BCUT2D eigenvalue weighted by molar-refractivity contribution is 5.78. The van der Waals surface area contributed by atoms with Gasteiger partial charge in [0.25, 0.3) is 0 Å². The molecule has 0 aliphatic rings. The molecule has 1 aromatic carbocycles. The van der Waals surface area contributed by atoms with Crippen LogP contribution in [0.5, 0.6) is 0 Å². The summed E-state index contributed by atoms with van der Waals surface area (Å²) in [6, 6.07) is 12.5. The number of hydrogen-bond donors (Lipinski definition) is 2. The molecule has 0 fully saturated rings. The van der Waals surface area contributed by atoms with Crippen molar-refractivity contribution in [3.63, 3.8) is 0 Å². The third kappa shape index (κ3) is 3.52. The fraction of sp³-hybridized carbons (Fsp3) is 0.438. The van der Waals surface area contributed by atoms with Crippen LogP contribution in [0.25, 0.3) is 10.9 Å². The number of pyridine rings is 1. The van der Waals surface area contributed by atoms with Gasteiger partial charge in [-0.1, -0.05) is 51.0 Å². The Morgan fingerprint density at radius 1 is 1.21 bits per heavy atom. The third-order valence-corrected chi connectivity index (χ3v) is 3.60. The molecule has 2 atom stereocenters. The first-order valence-corrected chi connectivity index (χ1v) is 7.06. The van der Waals surface area contributed by atoms with Crippen molar-refractivity contribution in [3.05, 3.63) is 42.1 Å². The molecule has 1 aromatic heterocycles. The molecule has 3 nitrogen and oxygen atoms in total. The SMILES string of the molecule is CCCC(C)CC(NN)c1ccc2ccccc2n1. The van der Waals surface area contributed by atoms with Gasteiger partial charge in [0.1, 0.15) is 0 Å². The second kappa shape index (κ2) is 6.64. The van der Waals surface area contributed by atoms with Crippen molar-refractivity contribution in [3.8, 4) is 0 Å². The number of hydrazine groups is 1. The number of nitrogens with one attached hydrogen (secondary N) is 1. The molecular weight excluding hydrogens is 234 g/mol. The lowest BCUT2D eigenvalue weighted by atomic mass is 9.95. The fourth-order valence-electron chi connectivity index (χ4n) is 2.56. The Balaban J connectivity index is 2.20. The number of para-hydroxylation sites is 1. The molecule has 1 heterocycles. The van der Waals surface area contributed by atoms with Crippen molar-refractivity contribution in [2.45, 2.75) is 39.2 Å². The molecule has 102 valence electrons. The van der Waals surface area contributed by atoms with Crippen LogP contribution < -0.4 is 11.3 Å². The Hall–Kier alpha value is -1.45. The quantitative estimate of drug-likeness (QED) is 0.614. The van der Waals surface area contributed by atoms with Crippen LogP contribution in [-0.4, -0.2) is 4.98 Å². The Bertz CT molecular complexity index is 524. The minimum Gasteiger partial charge on any atom is -0.271 e. The van der Waals surface area contributed by atoms with Gasteiger partial charge < -0.3 is 0 Å². The summed E-state index contributed by atoms with van der Waals surface area (Å²) in [6.07, 6.45) is 3.46. The van der Waals surface area contributed by atoms with E-state index in [1.54, 1.807) is 0 Å². The number of benzene rings is 1. The summed E-state index contributed by atoms with van der Waals surface area (Å²) >= 11 is 0. The maximum atomic E-state index is 5.70. The van der Waals surface area contributed by atoms with E-state index in [2.05, 4.69) is 37.5 Å². The highest BCUT2D eigenvalue weighted by Crippen LogP contribution is 2.23. The van der Waals surface area contributed by atoms with Gasteiger partial charge in [-0.3, -0.25) is 16.3 Å². The average Bonchev–Trinajstić information content (AvgIpc) is 2.44. The zero-order valence-electron chi connectivity index (χ0n) is 11.8. The minimum atomic E-state index is 0.131. The largest absolute Gasteiger partial charge is 0.271 e. The first-order valence-electron chi connectivity index (χ1n) is 7.06. The first-order chi connectivity index (χ1) is 9.24. The van der Waals surface area contributed by atoms with Gasteiger partial charge in [0.05, 0.1) is 17.3 Å².